The second-order valence-corrected chi connectivity index (χ2v) is 8.07. The van der Waals surface area contributed by atoms with Crippen molar-refractivity contribution in [1.82, 2.24) is 19.0 Å². The second kappa shape index (κ2) is 7.94. The van der Waals surface area contributed by atoms with Gasteiger partial charge in [-0.15, -0.1) is 0 Å². The number of Topliss-reactive ketones (excluding diaryl/α,β-unsaturated/α-hetero) is 1. The van der Waals surface area contributed by atoms with E-state index in [9.17, 15) is 19.2 Å². The maximum atomic E-state index is 13.0. The van der Waals surface area contributed by atoms with Gasteiger partial charge in [-0.2, -0.15) is 0 Å². The Morgan fingerprint density at radius 2 is 1.58 bits per heavy atom. The van der Waals surface area contributed by atoms with Gasteiger partial charge in [0.15, 0.2) is 5.78 Å². The van der Waals surface area contributed by atoms with Gasteiger partial charge < -0.3 is 4.90 Å². The van der Waals surface area contributed by atoms with E-state index in [0.29, 0.717) is 31.5 Å². The van der Waals surface area contributed by atoms with Crippen molar-refractivity contribution >= 4 is 22.7 Å². The van der Waals surface area contributed by atoms with Gasteiger partial charge in [-0.3, -0.25) is 23.5 Å². The monoisotopic (exact) mass is 420 g/mol. The van der Waals surface area contributed by atoms with E-state index in [1.54, 1.807) is 4.90 Å². The first-order valence-electron chi connectivity index (χ1n) is 10.2. The SMILES string of the molecule is Cc1ccc(C(=O)C2CCN(C(=O)c3ccc4c(=O)n(C)c(=O)n(C)c4n3)CC2)cc1. The quantitative estimate of drug-likeness (QED) is 0.601. The molecule has 0 spiro atoms. The van der Waals surface area contributed by atoms with Crippen molar-refractivity contribution in [3.63, 3.8) is 0 Å². The Balaban J connectivity index is 1.52. The van der Waals surface area contributed by atoms with Crippen LogP contribution in [0.5, 0.6) is 0 Å². The maximum absolute atomic E-state index is 13.0. The summed E-state index contributed by atoms with van der Waals surface area (Å²) in [5.41, 5.74) is 1.23. The molecule has 4 rings (SSSR count). The average molecular weight is 420 g/mol. The third-order valence-corrected chi connectivity index (χ3v) is 6.01. The fraction of sp³-hybridized carbons (Fsp3) is 0.348. The lowest BCUT2D eigenvalue weighted by atomic mass is 9.88. The molecule has 3 heterocycles. The van der Waals surface area contributed by atoms with Crippen molar-refractivity contribution in [1.29, 1.82) is 0 Å². The van der Waals surface area contributed by atoms with E-state index in [4.69, 9.17) is 0 Å². The summed E-state index contributed by atoms with van der Waals surface area (Å²) in [6.07, 6.45) is 1.18. The maximum Gasteiger partial charge on any atom is 0.332 e. The number of carbonyl (C=O) groups excluding carboxylic acids is 2. The van der Waals surface area contributed by atoms with E-state index in [0.717, 1.165) is 10.1 Å². The van der Waals surface area contributed by atoms with E-state index in [1.165, 1.54) is 30.8 Å². The van der Waals surface area contributed by atoms with Gasteiger partial charge in [-0.1, -0.05) is 29.8 Å². The number of fused-ring (bicyclic) bond motifs is 1. The van der Waals surface area contributed by atoms with Crippen LogP contribution in [0.25, 0.3) is 11.0 Å². The van der Waals surface area contributed by atoms with Crippen LogP contribution in [0.15, 0.2) is 46.0 Å². The highest BCUT2D eigenvalue weighted by molar-refractivity contribution is 5.98. The van der Waals surface area contributed by atoms with Gasteiger partial charge >= 0.3 is 5.69 Å². The number of amides is 1. The van der Waals surface area contributed by atoms with Crippen LogP contribution in [0.4, 0.5) is 0 Å². The van der Waals surface area contributed by atoms with Crippen molar-refractivity contribution < 1.29 is 9.59 Å². The molecule has 1 aliphatic rings. The molecule has 0 atom stereocenters. The number of aryl methyl sites for hydroxylation is 2. The first-order valence-corrected chi connectivity index (χ1v) is 10.2. The van der Waals surface area contributed by atoms with Crippen LogP contribution < -0.4 is 11.2 Å². The van der Waals surface area contributed by atoms with Crippen LogP contribution >= 0.6 is 0 Å². The van der Waals surface area contributed by atoms with Gasteiger partial charge in [-0.25, -0.2) is 9.78 Å². The number of carbonyl (C=O) groups is 2. The molecule has 2 aromatic heterocycles. The van der Waals surface area contributed by atoms with Gasteiger partial charge in [0.1, 0.15) is 11.3 Å². The molecule has 0 radical (unpaired) electrons. The third-order valence-electron chi connectivity index (χ3n) is 6.01. The molecule has 31 heavy (non-hydrogen) atoms. The predicted molar refractivity (Wildman–Crippen MR) is 116 cm³/mol. The number of ketones is 1. The smallest absolute Gasteiger partial charge is 0.332 e. The summed E-state index contributed by atoms with van der Waals surface area (Å²) in [6.45, 7) is 2.89. The van der Waals surface area contributed by atoms with E-state index in [2.05, 4.69) is 4.98 Å². The lowest BCUT2D eigenvalue weighted by Crippen LogP contribution is -2.41. The van der Waals surface area contributed by atoms with Crippen molar-refractivity contribution in [2.75, 3.05) is 13.1 Å². The molecule has 0 bridgehead atoms. The Morgan fingerprint density at radius 1 is 0.935 bits per heavy atom. The minimum atomic E-state index is -0.495. The topological polar surface area (TPSA) is 94.3 Å². The Morgan fingerprint density at radius 3 is 2.23 bits per heavy atom. The zero-order valence-corrected chi connectivity index (χ0v) is 17.8. The van der Waals surface area contributed by atoms with Crippen LogP contribution in [0.3, 0.4) is 0 Å². The van der Waals surface area contributed by atoms with Gasteiger partial charge in [0, 0.05) is 38.7 Å². The van der Waals surface area contributed by atoms with Gasteiger partial charge in [-0.05, 0) is 31.9 Å². The van der Waals surface area contributed by atoms with Crippen LogP contribution in [-0.4, -0.2) is 43.8 Å². The van der Waals surface area contributed by atoms with Crippen molar-refractivity contribution in [2.45, 2.75) is 19.8 Å². The van der Waals surface area contributed by atoms with E-state index >= 15 is 0 Å². The first kappa shape index (κ1) is 20.7. The summed E-state index contributed by atoms with van der Waals surface area (Å²) in [5, 5.41) is 0.281. The number of piperidine rings is 1. The Hall–Kier alpha value is -3.55. The van der Waals surface area contributed by atoms with Gasteiger partial charge in [0.2, 0.25) is 0 Å². The fourth-order valence-electron chi connectivity index (χ4n) is 4.03. The number of rotatable bonds is 3. The molecule has 1 aromatic carbocycles. The lowest BCUT2D eigenvalue weighted by molar-refractivity contribution is 0.0646. The molecule has 0 aliphatic carbocycles. The molecule has 0 saturated carbocycles. The largest absolute Gasteiger partial charge is 0.337 e. The number of hydrogen-bond donors (Lipinski definition) is 0. The number of likely N-dealkylation sites (tertiary alicyclic amines) is 1. The highest BCUT2D eigenvalue weighted by atomic mass is 16.2. The normalized spacial score (nSPS) is 14.7. The highest BCUT2D eigenvalue weighted by Crippen LogP contribution is 2.23. The third kappa shape index (κ3) is 3.69. The Kier molecular flexibility index (Phi) is 5.31. The molecule has 1 amide bonds. The molecule has 160 valence electrons. The average Bonchev–Trinajstić information content (AvgIpc) is 2.80. The summed E-state index contributed by atoms with van der Waals surface area (Å²) in [5.74, 6) is -0.266. The molecule has 3 aromatic rings. The standard InChI is InChI=1S/C23H24N4O4/c1-14-4-6-15(7-5-14)19(28)16-10-12-27(13-11-16)22(30)18-9-8-17-20(24-18)25(2)23(31)26(3)21(17)29/h4-9,16H,10-13H2,1-3H3. The van der Waals surface area contributed by atoms with E-state index in [-0.39, 0.29) is 34.3 Å². The molecule has 8 heteroatoms. The molecule has 1 aliphatic heterocycles. The molecule has 0 N–H and O–H groups in total. The first-order chi connectivity index (χ1) is 14.8. The molecular formula is C23H24N4O4. The van der Waals surface area contributed by atoms with Crippen LogP contribution in [-0.2, 0) is 14.1 Å². The zero-order valence-electron chi connectivity index (χ0n) is 17.8. The fourth-order valence-corrected chi connectivity index (χ4v) is 4.03. The van der Waals surface area contributed by atoms with Crippen molar-refractivity contribution in [3.05, 3.63) is 74.1 Å². The van der Waals surface area contributed by atoms with Crippen LogP contribution in [0, 0.1) is 12.8 Å². The highest BCUT2D eigenvalue weighted by Gasteiger charge is 2.29. The zero-order chi connectivity index (χ0) is 22.3. The number of aromatic nitrogens is 3. The molecular weight excluding hydrogens is 396 g/mol. The number of hydrogen-bond acceptors (Lipinski definition) is 5. The molecule has 0 unspecified atom stereocenters. The predicted octanol–water partition coefficient (Wildman–Crippen LogP) is 1.68. The van der Waals surface area contributed by atoms with Crippen LogP contribution in [0.1, 0.15) is 39.3 Å². The number of nitrogens with zero attached hydrogens (tertiary/aromatic N) is 4. The Labute approximate surface area is 178 Å². The van der Waals surface area contributed by atoms with E-state index < -0.39 is 11.2 Å². The summed E-state index contributed by atoms with van der Waals surface area (Å²) < 4.78 is 2.28. The number of pyridine rings is 1. The van der Waals surface area contributed by atoms with Crippen molar-refractivity contribution in [3.8, 4) is 0 Å². The summed E-state index contributed by atoms with van der Waals surface area (Å²) in [4.78, 5) is 56.2. The Bertz CT molecular complexity index is 1300. The minimum absolute atomic E-state index is 0.111. The molecule has 8 nitrogen and oxygen atoms in total. The number of benzene rings is 1. The van der Waals surface area contributed by atoms with Gasteiger partial charge in [0.05, 0.1) is 5.39 Å². The minimum Gasteiger partial charge on any atom is -0.337 e. The molecule has 1 fully saturated rings. The molecule has 1 saturated heterocycles. The van der Waals surface area contributed by atoms with Gasteiger partial charge in [0.25, 0.3) is 11.5 Å². The second-order valence-electron chi connectivity index (χ2n) is 8.07. The summed E-state index contributed by atoms with van der Waals surface area (Å²) in [6, 6.07) is 10.6. The lowest BCUT2D eigenvalue weighted by Gasteiger charge is -2.31. The summed E-state index contributed by atoms with van der Waals surface area (Å²) >= 11 is 0. The van der Waals surface area contributed by atoms with E-state index in [1.807, 2.05) is 31.2 Å². The van der Waals surface area contributed by atoms with Crippen molar-refractivity contribution in [2.24, 2.45) is 20.0 Å². The van der Waals surface area contributed by atoms with Crippen LogP contribution in [0.2, 0.25) is 0 Å². The summed E-state index contributed by atoms with van der Waals surface area (Å²) in [7, 11) is 2.93.